The summed E-state index contributed by atoms with van der Waals surface area (Å²) < 4.78 is 1.60. The fraction of sp³-hybridized carbons (Fsp3) is 0.190. The van der Waals surface area contributed by atoms with E-state index in [1.54, 1.807) is 24.0 Å². The van der Waals surface area contributed by atoms with Gasteiger partial charge in [-0.3, -0.25) is 14.6 Å². The summed E-state index contributed by atoms with van der Waals surface area (Å²) in [5, 5.41) is 6.34. The minimum Gasteiger partial charge on any atom is -0.353 e. The Kier molecular flexibility index (Phi) is 4.24. The van der Waals surface area contributed by atoms with Crippen molar-refractivity contribution in [3.05, 3.63) is 70.4 Å². The Morgan fingerprint density at radius 2 is 2.00 bits per heavy atom. The molecule has 0 bridgehead atoms. The van der Waals surface area contributed by atoms with Gasteiger partial charge in [0.25, 0.3) is 5.56 Å². The molecular formula is C21H20N4O2. The summed E-state index contributed by atoms with van der Waals surface area (Å²) in [5.41, 5.74) is 6.19. The largest absolute Gasteiger partial charge is 0.353 e. The minimum atomic E-state index is -0.00215. The van der Waals surface area contributed by atoms with Gasteiger partial charge in [-0.15, -0.1) is 0 Å². The van der Waals surface area contributed by atoms with Crippen LogP contribution in [0.25, 0.3) is 11.1 Å². The molecule has 0 saturated heterocycles. The number of aromatic nitrogens is 2. The first-order valence-corrected chi connectivity index (χ1v) is 8.83. The van der Waals surface area contributed by atoms with Crippen LogP contribution in [0.5, 0.6) is 0 Å². The number of fused-ring (bicyclic) bond motifs is 1. The van der Waals surface area contributed by atoms with E-state index in [0.717, 1.165) is 33.8 Å². The molecule has 2 N–H and O–H groups in total. The molecule has 2 aromatic heterocycles. The summed E-state index contributed by atoms with van der Waals surface area (Å²) >= 11 is 0. The minimum absolute atomic E-state index is 0.00215. The molecule has 0 atom stereocenters. The first kappa shape index (κ1) is 17.0. The molecule has 3 heterocycles. The highest BCUT2D eigenvalue weighted by Gasteiger charge is 2.20. The predicted molar refractivity (Wildman–Crippen MR) is 106 cm³/mol. The molecule has 0 fully saturated rings. The van der Waals surface area contributed by atoms with Gasteiger partial charge >= 0.3 is 0 Å². The van der Waals surface area contributed by atoms with Crippen LogP contribution in [0, 0.1) is 6.92 Å². The number of aryl methyl sites for hydroxylation is 3. The zero-order valence-corrected chi connectivity index (χ0v) is 15.2. The molecule has 136 valence electrons. The van der Waals surface area contributed by atoms with Crippen LogP contribution in [0.15, 0.2) is 53.7 Å². The number of hydrogen-bond acceptors (Lipinski definition) is 4. The molecule has 0 saturated carbocycles. The van der Waals surface area contributed by atoms with Crippen LogP contribution < -0.4 is 16.2 Å². The highest BCUT2D eigenvalue weighted by atomic mass is 16.1. The Bertz CT molecular complexity index is 1060. The average Bonchev–Trinajstić information content (AvgIpc) is 2.66. The molecule has 6 nitrogen and oxygen atoms in total. The lowest BCUT2D eigenvalue weighted by atomic mass is 9.95. The zero-order chi connectivity index (χ0) is 19.0. The average molecular weight is 360 g/mol. The highest BCUT2D eigenvalue weighted by molar-refractivity contribution is 5.99. The smallest absolute Gasteiger partial charge is 0.253 e. The van der Waals surface area contributed by atoms with Crippen molar-refractivity contribution < 1.29 is 4.79 Å². The van der Waals surface area contributed by atoms with Crippen LogP contribution >= 0.6 is 0 Å². The first-order valence-electron chi connectivity index (χ1n) is 8.83. The third-order valence-corrected chi connectivity index (χ3v) is 4.74. The van der Waals surface area contributed by atoms with Crippen molar-refractivity contribution in [3.63, 3.8) is 0 Å². The second kappa shape index (κ2) is 6.72. The van der Waals surface area contributed by atoms with Gasteiger partial charge in [0.15, 0.2) is 0 Å². The van der Waals surface area contributed by atoms with Crippen molar-refractivity contribution in [1.82, 2.24) is 9.55 Å². The fourth-order valence-corrected chi connectivity index (χ4v) is 3.39. The third kappa shape index (κ3) is 3.33. The molecule has 0 spiro atoms. The van der Waals surface area contributed by atoms with Crippen molar-refractivity contribution >= 4 is 23.0 Å². The van der Waals surface area contributed by atoms with Crippen LogP contribution in [-0.2, 0) is 18.3 Å². The molecule has 3 aromatic rings. The maximum absolute atomic E-state index is 12.0. The van der Waals surface area contributed by atoms with Crippen molar-refractivity contribution in [1.29, 1.82) is 0 Å². The molecule has 0 unspecified atom stereocenters. The van der Waals surface area contributed by atoms with E-state index in [1.165, 1.54) is 0 Å². The number of nitrogens with one attached hydrogen (secondary N) is 2. The maximum atomic E-state index is 12.0. The topological polar surface area (TPSA) is 76.0 Å². The summed E-state index contributed by atoms with van der Waals surface area (Å²) in [5.74, 6) is 0.0161. The highest BCUT2D eigenvalue weighted by Crippen LogP contribution is 2.37. The number of carbonyl (C=O) groups is 1. The monoisotopic (exact) mass is 360 g/mol. The van der Waals surface area contributed by atoms with E-state index in [-0.39, 0.29) is 11.5 Å². The van der Waals surface area contributed by atoms with Gasteiger partial charge in [0.1, 0.15) is 0 Å². The summed E-state index contributed by atoms with van der Waals surface area (Å²) in [7, 11) is 1.76. The van der Waals surface area contributed by atoms with Gasteiger partial charge in [-0.1, -0.05) is 0 Å². The van der Waals surface area contributed by atoms with Crippen LogP contribution in [0.4, 0.5) is 17.1 Å². The van der Waals surface area contributed by atoms with E-state index in [2.05, 4.69) is 21.7 Å². The van der Waals surface area contributed by atoms with Gasteiger partial charge in [-0.05, 0) is 60.4 Å². The lowest BCUT2D eigenvalue weighted by Gasteiger charge is -2.22. The molecular weight excluding hydrogens is 340 g/mol. The van der Waals surface area contributed by atoms with Crippen LogP contribution in [0.1, 0.15) is 17.5 Å². The molecule has 1 amide bonds. The van der Waals surface area contributed by atoms with E-state index in [9.17, 15) is 9.59 Å². The Morgan fingerprint density at radius 1 is 1.15 bits per heavy atom. The fourth-order valence-electron chi connectivity index (χ4n) is 3.39. The Balaban J connectivity index is 1.85. The zero-order valence-electron chi connectivity index (χ0n) is 15.2. The second-order valence-electron chi connectivity index (χ2n) is 6.80. The summed E-state index contributed by atoms with van der Waals surface area (Å²) in [4.78, 5) is 28.1. The summed E-state index contributed by atoms with van der Waals surface area (Å²) in [6.07, 6.45) is 6.44. The number of amides is 1. The summed E-state index contributed by atoms with van der Waals surface area (Å²) in [6, 6.07) is 9.76. The molecule has 1 aliphatic rings. The molecule has 4 rings (SSSR count). The molecule has 0 radical (unpaired) electrons. The van der Waals surface area contributed by atoms with Crippen molar-refractivity contribution in [3.8, 4) is 11.1 Å². The number of carbonyl (C=O) groups excluding carboxylic acids is 1. The predicted octanol–water partition coefficient (Wildman–Crippen LogP) is 3.38. The van der Waals surface area contributed by atoms with Gasteiger partial charge in [-0.2, -0.15) is 0 Å². The van der Waals surface area contributed by atoms with Gasteiger partial charge in [0.05, 0.1) is 23.3 Å². The molecule has 1 aromatic carbocycles. The van der Waals surface area contributed by atoms with Gasteiger partial charge < -0.3 is 15.2 Å². The number of anilines is 3. The molecule has 27 heavy (non-hydrogen) atoms. The van der Waals surface area contributed by atoms with Gasteiger partial charge in [0, 0.05) is 31.4 Å². The van der Waals surface area contributed by atoms with Gasteiger partial charge in [-0.25, -0.2) is 0 Å². The second-order valence-corrected chi connectivity index (χ2v) is 6.80. The Hall–Kier alpha value is -3.41. The number of pyridine rings is 2. The third-order valence-electron chi connectivity index (χ3n) is 4.74. The van der Waals surface area contributed by atoms with E-state index >= 15 is 0 Å². The normalized spacial score (nSPS) is 13.0. The van der Waals surface area contributed by atoms with Crippen LogP contribution in [0.2, 0.25) is 0 Å². The quantitative estimate of drug-likeness (QED) is 0.751. The summed E-state index contributed by atoms with van der Waals surface area (Å²) in [6.45, 7) is 1.82. The number of hydrogen-bond donors (Lipinski definition) is 2. The van der Waals surface area contributed by atoms with Gasteiger partial charge in [0.2, 0.25) is 5.91 Å². The number of benzene rings is 1. The number of nitrogens with zero attached hydrogens (tertiary/aromatic N) is 2. The van der Waals surface area contributed by atoms with Crippen molar-refractivity contribution in [2.45, 2.75) is 19.8 Å². The lowest BCUT2D eigenvalue weighted by molar-refractivity contribution is -0.116. The molecule has 0 aliphatic carbocycles. The van der Waals surface area contributed by atoms with E-state index < -0.39 is 0 Å². The van der Waals surface area contributed by atoms with Crippen molar-refractivity contribution in [2.75, 3.05) is 10.6 Å². The first-order chi connectivity index (χ1) is 13.0. The number of rotatable bonds is 3. The standard InChI is InChI=1S/C21H20N4O2/c1-13-8-16(12-25(2)21(13)27)15-9-14-5-6-19(26)24-20(14)18(10-15)23-17-4-3-7-22-11-17/h3-4,7-12,23H,5-6H2,1-2H3,(H,24,26). The van der Waals surface area contributed by atoms with E-state index in [0.29, 0.717) is 18.4 Å². The lowest BCUT2D eigenvalue weighted by Crippen LogP contribution is -2.20. The Morgan fingerprint density at radius 3 is 2.74 bits per heavy atom. The van der Waals surface area contributed by atoms with E-state index in [1.807, 2.05) is 37.4 Å². The van der Waals surface area contributed by atoms with Crippen LogP contribution in [-0.4, -0.2) is 15.5 Å². The van der Waals surface area contributed by atoms with Crippen LogP contribution in [0.3, 0.4) is 0 Å². The molecule has 6 heteroatoms. The molecule has 1 aliphatic heterocycles. The van der Waals surface area contributed by atoms with Crippen molar-refractivity contribution in [2.24, 2.45) is 7.05 Å². The SMILES string of the molecule is Cc1cc(-c2cc3c(c(Nc4cccnc4)c2)NC(=O)CC3)cn(C)c1=O. The van der Waals surface area contributed by atoms with E-state index in [4.69, 9.17) is 0 Å². The Labute approximate surface area is 156 Å². The maximum Gasteiger partial charge on any atom is 0.253 e.